The van der Waals surface area contributed by atoms with Crippen LogP contribution in [0.15, 0.2) is 6.07 Å². The molecule has 1 aromatic rings. The van der Waals surface area contributed by atoms with Gasteiger partial charge in [-0.05, 0) is 32.2 Å². The van der Waals surface area contributed by atoms with Crippen molar-refractivity contribution in [3.8, 4) is 0 Å². The molecule has 104 valence electrons. The molecule has 0 saturated carbocycles. The van der Waals surface area contributed by atoms with Gasteiger partial charge in [-0.3, -0.25) is 0 Å². The molecule has 0 aromatic carbocycles. The SMILES string of the molecule is CNc1cc(NC2CCN3CCCC3C2)nc(N)n1. The van der Waals surface area contributed by atoms with E-state index >= 15 is 0 Å². The van der Waals surface area contributed by atoms with Gasteiger partial charge in [-0.15, -0.1) is 0 Å². The minimum atomic E-state index is 0.313. The first kappa shape index (κ1) is 12.5. The topological polar surface area (TPSA) is 79.1 Å². The zero-order chi connectivity index (χ0) is 13.2. The molecule has 2 fully saturated rings. The second-order valence-electron chi connectivity index (χ2n) is 5.44. The fraction of sp³-hybridized carbons (Fsp3) is 0.692. The summed E-state index contributed by atoms with van der Waals surface area (Å²) in [5.41, 5.74) is 5.72. The fourth-order valence-corrected chi connectivity index (χ4v) is 3.23. The Morgan fingerprint density at radius 1 is 1.26 bits per heavy atom. The summed E-state index contributed by atoms with van der Waals surface area (Å²) in [5, 5.41) is 6.51. The van der Waals surface area contributed by atoms with Crippen molar-refractivity contribution < 1.29 is 0 Å². The van der Waals surface area contributed by atoms with Gasteiger partial charge in [0.15, 0.2) is 0 Å². The van der Waals surface area contributed by atoms with Gasteiger partial charge < -0.3 is 21.3 Å². The van der Waals surface area contributed by atoms with Crippen LogP contribution in [0.2, 0.25) is 0 Å². The monoisotopic (exact) mass is 262 g/mol. The first-order valence-electron chi connectivity index (χ1n) is 7.07. The third-order valence-corrected chi connectivity index (χ3v) is 4.17. The van der Waals surface area contributed by atoms with Gasteiger partial charge in [0.1, 0.15) is 11.6 Å². The van der Waals surface area contributed by atoms with E-state index in [1.807, 2.05) is 13.1 Å². The number of nitrogens with zero attached hydrogens (tertiary/aromatic N) is 3. The molecule has 2 unspecified atom stereocenters. The van der Waals surface area contributed by atoms with Crippen molar-refractivity contribution in [1.82, 2.24) is 14.9 Å². The molecule has 4 N–H and O–H groups in total. The van der Waals surface area contributed by atoms with Crippen LogP contribution in [-0.2, 0) is 0 Å². The second-order valence-corrected chi connectivity index (χ2v) is 5.44. The molecular weight excluding hydrogens is 240 g/mol. The van der Waals surface area contributed by atoms with E-state index < -0.39 is 0 Å². The molecule has 3 rings (SSSR count). The first-order valence-corrected chi connectivity index (χ1v) is 7.07. The van der Waals surface area contributed by atoms with Gasteiger partial charge in [-0.25, -0.2) is 0 Å². The minimum Gasteiger partial charge on any atom is -0.373 e. The molecule has 1 aromatic heterocycles. The summed E-state index contributed by atoms with van der Waals surface area (Å²) in [6.45, 7) is 2.48. The molecule has 0 bridgehead atoms. The quantitative estimate of drug-likeness (QED) is 0.758. The average Bonchev–Trinajstić information content (AvgIpc) is 2.85. The van der Waals surface area contributed by atoms with Gasteiger partial charge in [0, 0.05) is 31.7 Å². The van der Waals surface area contributed by atoms with Crippen molar-refractivity contribution in [3.63, 3.8) is 0 Å². The van der Waals surface area contributed by atoms with Crippen LogP contribution in [0.4, 0.5) is 17.6 Å². The largest absolute Gasteiger partial charge is 0.373 e. The maximum Gasteiger partial charge on any atom is 0.223 e. The maximum absolute atomic E-state index is 5.72. The molecule has 0 aliphatic carbocycles. The first-order chi connectivity index (χ1) is 9.24. The number of hydrogen-bond acceptors (Lipinski definition) is 6. The smallest absolute Gasteiger partial charge is 0.223 e. The van der Waals surface area contributed by atoms with Crippen LogP contribution in [0.1, 0.15) is 25.7 Å². The Kier molecular flexibility index (Phi) is 3.42. The highest BCUT2D eigenvalue weighted by molar-refractivity contribution is 5.51. The number of fused-ring (bicyclic) bond motifs is 1. The summed E-state index contributed by atoms with van der Waals surface area (Å²) in [4.78, 5) is 11.0. The van der Waals surface area contributed by atoms with Crippen LogP contribution < -0.4 is 16.4 Å². The normalized spacial score (nSPS) is 27.0. The molecule has 3 heterocycles. The number of hydrogen-bond donors (Lipinski definition) is 3. The maximum atomic E-state index is 5.72. The number of rotatable bonds is 3. The Hall–Kier alpha value is -1.56. The lowest BCUT2D eigenvalue weighted by atomic mass is 9.97. The Morgan fingerprint density at radius 2 is 2.11 bits per heavy atom. The zero-order valence-electron chi connectivity index (χ0n) is 11.4. The van der Waals surface area contributed by atoms with Gasteiger partial charge in [0.2, 0.25) is 5.95 Å². The molecule has 0 amide bonds. The standard InChI is InChI=1S/C13H22N6/c1-15-11-8-12(18-13(14)17-11)16-9-4-6-19-5-2-3-10(19)7-9/h8-10H,2-7H2,1H3,(H4,14,15,16,17,18). The Morgan fingerprint density at radius 3 is 2.95 bits per heavy atom. The van der Waals surface area contributed by atoms with Gasteiger partial charge in [0.05, 0.1) is 0 Å². The van der Waals surface area contributed by atoms with Crippen molar-refractivity contribution in [2.45, 2.75) is 37.8 Å². The number of aromatic nitrogens is 2. The Balaban J connectivity index is 1.66. The lowest BCUT2D eigenvalue weighted by Gasteiger charge is -2.35. The summed E-state index contributed by atoms with van der Waals surface area (Å²) in [6, 6.07) is 3.17. The van der Waals surface area contributed by atoms with Crippen LogP contribution in [0.5, 0.6) is 0 Å². The van der Waals surface area contributed by atoms with Crippen LogP contribution in [-0.4, -0.2) is 47.1 Å². The zero-order valence-corrected chi connectivity index (χ0v) is 11.4. The highest BCUT2D eigenvalue weighted by atomic mass is 15.2. The van der Waals surface area contributed by atoms with E-state index in [0.29, 0.717) is 12.0 Å². The molecule has 2 aliphatic heterocycles. The fourth-order valence-electron chi connectivity index (χ4n) is 3.23. The molecule has 2 saturated heterocycles. The van der Waals surface area contributed by atoms with Crippen LogP contribution >= 0.6 is 0 Å². The third kappa shape index (κ3) is 2.73. The van der Waals surface area contributed by atoms with Crippen molar-refractivity contribution in [1.29, 1.82) is 0 Å². The number of nitrogens with one attached hydrogen (secondary N) is 2. The summed E-state index contributed by atoms with van der Waals surface area (Å²) in [5.74, 6) is 1.90. The number of nitrogens with two attached hydrogens (primary N) is 1. The van der Waals surface area contributed by atoms with Crippen molar-refractivity contribution in [2.75, 3.05) is 36.5 Å². The van der Waals surface area contributed by atoms with Crippen molar-refractivity contribution >= 4 is 17.6 Å². The van der Waals surface area contributed by atoms with Gasteiger partial charge in [-0.1, -0.05) is 0 Å². The lowest BCUT2D eigenvalue weighted by molar-refractivity contribution is 0.188. The van der Waals surface area contributed by atoms with Crippen LogP contribution in [0, 0.1) is 0 Å². The molecule has 0 spiro atoms. The summed E-state index contributed by atoms with van der Waals surface area (Å²) >= 11 is 0. The highest BCUT2D eigenvalue weighted by Crippen LogP contribution is 2.28. The Bertz CT molecular complexity index is 449. The van der Waals surface area contributed by atoms with Crippen LogP contribution in [0.25, 0.3) is 0 Å². The van der Waals surface area contributed by atoms with Gasteiger partial charge in [-0.2, -0.15) is 9.97 Å². The molecular formula is C13H22N6. The van der Waals surface area contributed by atoms with E-state index in [1.165, 1.54) is 38.8 Å². The molecule has 6 heteroatoms. The molecule has 6 nitrogen and oxygen atoms in total. The molecule has 2 atom stereocenters. The third-order valence-electron chi connectivity index (χ3n) is 4.17. The van der Waals surface area contributed by atoms with E-state index in [-0.39, 0.29) is 0 Å². The second kappa shape index (κ2) is 5.21. The van der Waals surface area contributed by atoms with E-state index in [2.05, 4.69) is 25.5 Å². The molecule has 2 aliphatic rings. The average molecular weight is 262 g/mol. The summed E-state index contributed by atoms with van der Waals surface area (Å²) in [7, 11) is 1.84. The summed E-state index contributed by atoms with van der Waals surface area (Å²) < 4.78 is 0. The lowest BCUT2D eigenvalue weighted by Crippen LogP contribution is -2.42. The number of anilines is 3. The minimum absolute atomic E-state index is 0.313. The Labute approximate surface area is 113 Å². The molecule has 19 heavy (non-hydrogen) atoms. The van der Waals surface area contributed by atoms with Gasteiger partial charge >= 0.3 is 0 Å². The van der Waals surface area contributed by atoms with Gasteiger partial charge in [0.25, 0.3) is 0 Å². The number of nitrogen functional groups attached to an aromatic ring is 1. The van der Waals surface area contributed by atoms with E-state index in [9.17, 15) is 0 Å². The van der Waals surface area contributed by atoms with Crippen LogP contribution in [0.3, 0.4) is 0 Å². The number of piperidine rings is 1. The highest BCUT2D eigenvalue weighted by Gasteiger charge is 2.31. The molecule has 0 radical (unpaired) electrons. The summed E-state index contributed by atoms with van der Waals surface area (Å²) in [6.07, 6.45) is 5.07. The van der Waals surface area contributed by atoms with E-state index in [4.69, 9.17) is 5.73 Å². The predicted molar refractivity (Wildman–Crippen MR) is 77.2 cm³/mol. The predicted octanol–water partition coefficient (Wildman–Crippen LogP) is 1.14. The van der Waals surface area contributed by atoms with Crippen molar-refractivity contribution in [3.05, 3.63) is 6.07 Å². The van der Waals surface area contributed by atoms with Crippen molar-refractivity contribution in [2.24, 2.45) is 0 Å². The van der Waals surface area contributed by atoms with E-state index in [0.717, 1.165) is 17.7 Å². The van der Waals surface area contributed by atoms with E-state index in [1.54, 1.807) is 0 Å².